The van der Waals surface area contributed by atoms with Gasteiger partial charge in [0.05, 0.1) is 41.6 Å². The van der Waals surface area contributed by atoms with Crippen LogP contribution in [0.2, 0.25) is 0 Å². The highest BCUT2D eigenvalue weighted by molar-refractivity contribution is 6.07. The number of nitrogens with one attached hydrogen (secondary N) is 1. The van der Waals surface area contributed by atoms with Crippen LogP contribution in [0, 0.1) is 10.1 Å². The monoisotopic (exact) mass is 506 g/mol. The van der Waals surface area contributed by atoms with Gasteiger partial charge in [0, 0.05) is 16.5 Å². The van der Waals surface area contributed by atoms with Crippen molar-refractivity contribution in [1.29, 1.82) is 0 Å². The molecule has 1 amide bonds. The summed E-state index contributed by atoms with van der Waals surface area (Å²) < 4.78 is 6.88. The van der Waals surface area contributed by atoms with Gasteiger partial charge in [-0.15, -0.1) is 0 Å². The van der Waals surface area contributed by atoms with E-state index in [0.717, 1.165) is 16.5 Å². The Hall–Kier alpha value is -5.38. The van der Waals surface area contributed by atoms with Gasteiger partial charge >= 0.3 is 5.69 Å². The van der Waals surface area contributed by atoms with Gasteiger partial charge in [0.1, 0.15) is 18.1 Å². The molecule has 0 saturated carbocycles. The molecule has 38 heavy (non-hydrogen) atoms. The van der Waals surface area contributed by atoms with Crippen LogP contribution in [0.4, 0.5) is 5.69 Å². The van der Waals surface area contributed by atoms with Gasteiger partial charge in [-0.2, -0.15) is 10.2 Å². The van der Waals surface area contributed by atoms with Crippen molar-refractivity contribution in [1.82, 2.24) is 20.2 Å². The molecule has 1 N–H and O–H groups in total. The minimum absolute atomic E-state index is 0.0940. The molecular formula is C28H22N6O4. The van der Waals surface area contributed by atoms with E-state index in [1.165, 1.54) is 23.3 Å². The standard InChI is InChI=1S/C28H22N6O4/c1-38-27-12-11-19(13-21(27)17-33-18-22(16-30-33)34(36)37)15-29-32-28(35)24-14-26(20-7-3-2-4-8-20)31-25-10-6-5-9-23(24)25/h2-16,18H,17H2,1H3,(H,32,35). The Kier molecular flexibility index (Phi) is 6.85. The van der Waals surface area contributed by atoms with Crippen molar-refractivity contribution in [3.8, 4) is 17.0 Å². The molecule has 0 saturated heterocycles. The number of rotatable bonds is 8. The Bertz CT molecular complexity index is 1660. The van der Waals surface area contributed by atoms with Gasteiger partial charge in [0.15, 0.2) is 0 Å². The van der Waals surface area contributed by atoms with Gasteiger partial charge in [-0.1, -0.05) is 48.5 Å². The fourth-order valence-corrected chi connectivity index (χ4v) is 4.06. The van der Waals surface area contributed by atoms with E-state index in [9.17, 15) is 14.9 Å². The summed E-state index contributed by atoms with van der Waals surface area (Å²) in [6.07, 6.45) is 4.07. The number of para-hydroxylation sites is 1. The average molecular weight is 507 g/mol. The zero-order chi connectivity index (χ0) is 26.5. The molecule has 0 fully saturated rings. The normalized spacial score (nSPS) is 11.1. The molecule has 0 spiro atoms. The van der Waals surface area contributed by atoms with Crippen molar-refractivity contribution in [3.05, 3.63) is 118 Å². The van der Waals surface area contributed by atoms with Crippen LogP contribution in [0.15, 0.2) is 96.4 Å². The number of fused-ring (bicyclic) bond motifs is 1. The second-order valence-electron chi connectivity index (χ2n) is 8.36. The predicted octanol–water partition coefficient (Wildman–Crippen LogP) is 4.83. The lowest BCUT2D eigenvalue weighted by Crippen LogP contribution is -2.18. The molecule has 10 heteroatoms. The maximum absolute atomic E-state index is 13.2. The van der Waals surface area contributed by atoms with E-state index in [-0.39, 0.29) is 18.1 Å². The van der Waals surface area contributed by atoms with Crippen LogP contribution in [-0.4, -0.2) is 38.9 Å². The first-order valence-corrected chi connectivity index (χ1v) is 11.6. The molecule has 5 rings (SSSR count). The first-order chi connectivity index (χ1) is 18.5. The number of carbonyl (C=O) groups excluding carboxylic acids is 1. The SMILES string of the molecule is COc1ccc(C=NNC(=O)c2cc(-c3ccccc3)nc3ccccc23)cc1Cn1cc([N+](=O)[O-])cn1. The Labute approximate surface area is 217 Å². The average Bonchev–Trinajstić information content (AvgIpc) is 3.42. The van der Waals surface area contributed by atoms with Gasteiger partial charge in [-0.25, -0.2) is 10.4 Å². The van der Waals surface area contributed by atoms with Crippen molar-refractivity contribution in [2.45, 2.75) is 6.54 Å². The van der Waals surface area contributed by atoms with Gasteiger partial charge in [0.25, 0.3) is 5.91 Å². The van der Waals surface area contributed by atoms with Crippen molar-refractivity contribution < 1.29 is 14.5 Å². The lowest BCUT2D eigenvalue weighted by molar-refractivity contribution is -0.385. The van der Waals surface area contributed by atoms with Gasteiger partial charge in [-0.3, -0.25) is 19.6 Å². The van der Waals surface area contributed by atoms with Crippen LogP contribution >= 0.6 is 0 Å². The fraction of sp³-hybridized carbons (Fsp3) is 0.0714. The zero-order valence-electron chi connectivity index (χ0n) is 20.3. The third-order valence-corrected chi connectivity index (χ3v) is 5.88. The lowest BCUT2D eigenvalue weighted by Gasteiger charge is -2.10. The van der Waals surface area contributed by atoms with Crippen molar-refractivity contribution in [2.24, 2.45) is 5.10 Å². The smallest absolute Gasteiger partial charge is 0.307 e. The fourth-order valence-electron chi connectivity index (χ4n) is 4.06. The highest BCUT2D eigenvalue weighted by Gasteiger charge is 2.14. The molecule has 188 valence electrons. The van der Waals surface area contributed by atoms with Crippen LogP contribution in [-0.2, 0) is 6.54 Å². The molecule has 2 heterocycles. The number of nitro groups is 1. The number of hydrogen-bond donors (Lipinski definition) is 1. The largest absolute Gasteiger partial charge is 0.496 e. The number of pyridine rings is 1. The maximum atomic E-state index is 13.2. The van der Waals surface area contributed by atoms with E-state index in [4.69, 9.17) is 9.72 Å². The van der Waals surface area contributed by atoms with Crippen molar-refractivity contribution in [2.75, 3.05) is 7.11 Å². The number of benzene rings is 3. The van der Waals surface area contributed by atoms with Gasteiger partial charge < -0.3 is 4.74 Å². The predicted molar refractivity (Wildman–Crippen MR) is 143 cm³/mol. The summed E-state index contributed by atoms with van der Waals surface area (Å²) in [6.45, 7) is 0.260. The Morgan fingerprint density at radius 1 is 1.11 bits per heavy atom. The zero-order valence-corrected chi connectivity index (χ0v) is 20.3. The summed E-state index contributed by atoms with van der Waals surface area (Å²) in [5.41, 5.74) is 6.73. The summed E-state index contributed by atoms with van der Waals surface area (Å²) in [5, 5.41) is 19.9. The number of nitrogens with zero attached hydrogens (tertiary/aromatic N) is 5. The third kappa shape index (κ3) is 5.24. The summed E-state index contributed by atoms with van der Waals surface area (Å²) in [7, 11) is 1.54. The molecule has 0 atom stereocenters. The summed E-state index contributed by atoms with van der Waals surface area (Å²) in [5.74, 6) is 0.232. The highest BCUT2D eigenvalue weighted by Crippen LogP contribution is 2.25. The van der Waals surface area contributed by atoms with E-state index < -0.39 is 4.92 Å². The van der Waals surface area contributed by atoms with E-state index >= 15 is 0 Å². The van der Waals surface area contributed by atoms with Crippen molar-refractivity contribution in [3.63, 3.8) is 0 Å². The number of methoxy groups -OCH3 is 1. The molecule has 0 radical (unpaired) electrons. The number of carbonyl (C=O) groups is 1. The molecule has 0 aliphatic rings. The summed E-state index contributed by atoms with van der Waals surface area (Å²) in [6, 6.07) is 24.3. The van der Waals surface area contributed by atoms with Crippen LogP contribution in [0.3, 0.4) is 0 Å². The van der Waals surface area contributed by atoms with Crippen LogP contribution in [0.25, 0.3) is 22.2 Å². The maximum Gasteiger partial charge on any atom is 0.307 e. The third-order valence-electron chi connectivity index (χ3n) is 5.88. The number of hydrazone groups is 1. The number of aromatic nitrogens is 3. The van der Waals surface area contributed by atoms with Gasteiger partial charge in [0.2, 0.25) is 0 Å². The molecule has 2 aromatic heterocycles. The van der Waals surface area contributed by atoms with E-state index in [2.05, 4.69) is 15.6 Å². The Balaban J connectivity index is 1.37. The van der Waals surface area contributed by atoms with Crippen LogP contribution < -0.4 is 10.2 Å². The van der Waals surface area contributed by atoms with E-state index in [0.29, 0.717) is 28.1 Å². The topological polar surface area (TPSA) is 125 Å². The summed E-state index contributed by atoms with van der Waals surface area (Å²) >= 11 is 0. The minimum Gasteiger partial charge on any atom is -0.496 e. The molecule has 0 aliphatic heterocycles. The van der Waals surface area contributed by atoms with Crippen LogP contribution in [0.5, 0.6) is 5.75 Å². The van der Waals surface area contributed by atoms with Crippen molar-refractivity contribution >= 4 is 28.7 Å². The second-order valence-corrected chi connectivity index (χ2v) is 8.36. The molecule has 5 aromatic rings. The molecule has 0 unspecified atom stereocenters. The first kappa shape index (κ1) is 24.3. The molecule has 3 aromatic carbocycles. The minimum atomic E-state index is -0.499. The summed E-state index contributed by atoms with van der Waals surface area (Å²) in [4.78, 5) is 28.3. The molecule has 0 bridgehead atoms. The Morgan fingerprint density at radius 2 is 1.89 bits per heavy atom. The van der Waals surface area contributed by atoms with Crippen LogP contribution in [0.1, 0.15) is 21.5 Å². The van der Waals surface area contributed by atoms with E-state index in [1.54, 1.807) is 25.3 Å². The quantitative estimate of drug-likeness (QED) is 0.183. The first-order valence-electron chi connectivity index (χ1n) is 11.6. The molecular weight excluding hydrogens is 484 g/mol. The molecule has 10 nitrogen and oxygen atoms in total. The highest BCUT2D eigenvalue weighted by atomic mass is 16.6. The van der Waals surface area contributed by atoms with Gasteiger partial charge in [-0.05, 0) is 35.9 Å². The number of amides is 1. The van der Waals surface area contributed by atoms with E-state index in [1.807, 2.05) is 60.7 Å². The molecule has 0 aliphatic carbocycles. The number of ether oxygens (including phenoxy) is 1. The Morgan fingerprint density at radius 3 is 2.66 bits per heavy atom. The number of hydrogen-bond acceptors (Lipinski definition) is 7. The lowest BCUT2D eigenvalue weighted by atomic mass is 10.0. The second kappa shape index (κ2) is 10.7.